The number of phenolic OH excluding ortho intramolecular Hbond substituents is 1. The molecule has 1 heterocycles. The van der Waals surface area contributed by atoms with Crippen LogP contribution in [-0.4, -0.2) is 114 Å². The molecule has 0 aromatic heterocycles. The van der Waals surface area contributed by atoms with E-state index in [-0.39, 0.29) is 28.5 Å². The third-order valence-electron chi connectivity index (χ3n) is 9.17. The summed E-state index contributed by atoms with van der Waals surface area (Å²) in [6, 6.07) is 5.29. The van der Waals surface area contributed by atoms with Crippen LogP contribution in [0.5, 0.6) is 5.75 Å². The monoisotopic (exact) mass is 618 g/mol. The first kappa shape index (κ1) is 31.9. The van der Waals surface area contributed by atoms with Gasteiger partial charge in [0.25, 0.3) is 0 Å². The molecule has 2 aliphatic carbocycles. The van der Waals surface area contributed by atoms with Crippen LogP contribution in [-0.2, 0) is 25.5 Å². The number of carboxylic acids is 2. The van der Waals surface area contributed by atoms with E-state index in [0.717, 1.165) is 6.07 Å². The van der Waals surface area contributed by atoms with Crippen molar-refractivity contribution < 1.29 is 65.0 Å². The van der Waals surface area contributed by atoms with Crippen molar-refractivity contribution in [1.82, 2.24) is 0 Å². The van der Waals surface area contributed by atoms with Gasteiger partial charge in [0.2, 0.25) is 0 Å². The minimum absolute atomic E-state index is 0.0148. The van der Waals surface area contributed by atoms with Crippen LogP contribution >= 0.6 is 0 Å². The van der Waals surface area contributed by atoms with Gasteiger partial charge < -0.3 is 55.4 Å². The van der Waals surface area contributed by atoms with Crippen molar-refractivity contribution in [2.45, 2.75) is 74.5 Å². The lowest BCUT2D eigenvalue weighted by Gasteiger charge is -2.39. The smallest absolute Gasteiger partial charge is 0.321 e. The largest absolute Gasteiger partial charge is 0.507 e. The SMILES string of the molecule is CC1(O)C2=Cc3cc(CC(CCOC4OC(CO)C(O)C(O)C4O)(C(=O)O)C(=O)O)cc(=O)c4c(O)ccc(c34)C(C2)C1O. The van der Waals surface area contributed by atoms with E-state index in [0.29, 0.717) is 16.7 Å². The number of hydrogen-bond donors (Lipinski definition) is 9. The Morgan fingerprint density at radius 2 is 1.73 bits per heavy atom. The first-order chi connectivity index (χ1) is 20.6. The molecule has 14 heteroatoms. The third-order valence-corrected chi connectivity index (χ3v) is 9.17. The van der Waals surface area contributed by atoms with Gasteiger partial charge in [-0.15, -0.1) is 0 Å². The number of benzene rings is 1. The number of aliphatic hydroxyl groups is 6. The summed E-state index contributed by atoms with van der Waals surface area (Å²) in [7, 11) is 0. The summed E-state index contributed by atoms with van der Waals surface area (Å²) >= 11 is 0. The summed E-state index contributed by atoms with van der Waals surface area (Å²) in [6.45, 7) is 0.0852. The Hall–Kier alpha value is -3.47. The molecule has 44 heavy (non-hydrogen) atoms. The summed E-state index contributed by atoms with van der Waals surface area (Å²) in [5.74, 6) is -4.50. The van der Waals surface area contributed by atoms with Crippen molar-refractivity contribution in [3.8, 4) is 5.75 Å². The molecule has 1 aliphatic heterocycles. The molecule has 3 aliphatic rings. The molecule has 5 rings (SSSR count). The van der Waals surface area contributed by atoms with Gasteiger partial charge in [-0.25, -0.2) is 0 Å². The van der Waals surface area contributed by atoms with Crippen LogP contribution in [0.15, 0.2) is 34.6 Å². The van der Waals surface area contributed by atoms with Crippen LogP contribution in [0.25, 0.3) is 16.8 Å². The first-order valence-corrected chi connectivity index (χ1v) is 14.0. The van der Waals surface area contributed by atoms with Crippen LogP contribution in [0.2, 0.25) is 0 Å². The van der Waals surface area contributed by atoms with Gasteiger partial charge >= 0.3 is 11.9 Å². The second kappa shape index (κ2) is 11.5. The molecule has 1 saturated heterocycles. The van der Waals surface area contributed by atoms with Gasteiger partial charge in [-0.05, 0) is 60.6 Å². The number of aliphatic hydroxyl groups excluding tert-OH is 5. The molecule has 8 atom stereocenters. The van der Waals surface area contributed by atoms with Crippen molar-refractivity contribution in [2.24, 2.45) is 5.41 Å². The summed E-state index contributed by atoms with van der Waals surface area (Å²) in [4.78, 5) is 38.6. The van der Waals surface area contributed by atoms with Gasteiger partial charge in [0.15, 0.2) is 17.1 Å². The van der Waals surface area contributed by atoms with Gasteiger partial charge in [0.1, 0.15) is 35.8 Å². The van der Waals surface area contributed by atoms with E-state index in [4.69, 9.17) is 9.47 Å². The summed E-state index contributed by atoms with van der Waals surface area (Å²) in [5, 5.41) is 92.6. The highest BCUT2D eigenvalue weighted by atomic mass is 16.7. The van der Waals surface area contributed by atoms with Crippen molar-refractivity contribution in [2.75, 3.05) is 13.2 Å². The zero-order valence-corrected chi connectivity index (χ0v) is 23.5. The molecule has 1 saturated carbocycles. The molecule has 2 bridgehead atoms. The normalized spacial score (nSPS) is 31.4. The van der Waals surface area contributed by atoms with Gasteiger partial charge in [-0.3, -0.25) is 14.4 Å². The molecule has 2 fully saturated rings. The number of fused-ring (bicyclic) bond motifs is 3. The Morgan fingerprint density at radius 1 is 1.05 bits per heavy atom. The Bertz CT molecular complexity index is 1570. The van der Waals surface area contributed by atoms with Crippen LogP contribution in [0.1, 0.15) is 42.4 Å². The Balaban J connectivity index is 1.54. The Morgan fingerprint density at radius 3 is 2.36 bits per heavy atom. The molecule has 9 N–H and O–H groups in total. The number of ether oxygens (including phenoxy) is 2. The van der Waals surface area contributed by atoms with Crippen LogP contribution < -0.4 is 5.43 Å². The Kier molecular flexibility index (Phi) is 8.33. The first-order valence-electron chi connectivity index (χ1n) is 14.0. The molecular weight excluding hydrogens is 584 g/mol. The number of carbonyl (C=O) groups is 2. The van der Waals surface area contributed by atoms with E-state index >= 15 is 0 Å². The minimum Gasteiger partial charge on any atom is -0.507 e. The summed E-state index contributed by atoms with van der Waals surface area (Å²) in [5.41, 5.74) is -3.69. The highest BCUT2D eigenvalue weighted by Crippen LogP contribution is 2.50. The maximum atomic E-state index is 13.5. The lowest BCUT2D eigenvalue weighted by molar-refractivity contribution is -0.301. The van der Waals surface area contributed by atoms with E-state index in [1.165, 1.54) is 19.1 Å². The maximum Gasteiger partial charge on any atom is 0.321 e. The molecule has 2 aromatic rings. The second-order valence-electron chi connectivity index (χ2n) is 11.9. The zero-order valence-electron chi connectivity index (χ0n) is 23.5. The lowest BCUT2D eigenvalue weighted by Crippen LogP contribution is -2.59. The average Bonchev–Trinajstić information content (AvgIpc) is 3.07. The molecular formula is C30H34O14. The topological polar surface area (TPSA) is 252 Å². The fourth-order valence-corrected chi connectivity index (χ4v) is 6.50. The molecule has 0 amide bonds. The van der Waals surface area contributed by atoms with Gasteiger partial charge in [-0.2, -0.15) is 0 Å². The number of phenols is 1. The number of rotatable bonds is 9. The molecule has 14 nitrogen and oxygen atoms in total. The van der Waals surface area contributed by atoms with E-state index < -0.39 is 97.2 Å². The number of aliphatic carboxylic acids is 2. The van der Waals surface area contributed by atoms with E-state index in [9.17, 15) is 60.3 Å². The average molecular weight is 619 g/mol. The van der Waals surface area contributed by atoms with E-state index in [2.05, 4.69) is 0 Å². The van der Waals surface area contributed by atoms with Crippen LogP contribution in [0.3, 0.4) is 0 Å². The second-order valence-corrected chi connectivity index (χ2v) is 11.9. The number of carboxylic acid groups (broad SMARTS) is 2. The molecule has 8 unspecified atom stereocenters. The lowest BCUT2D eigenvalue weighted by atomic mass is 9.79. The summed E-state index contributed by atoms with van der Waals surface area (Å²) < 4.78 is 10.6. The van der Waals surface area contributed by atoms with Gasteiger partial charge in [0, 0.05) is 11.3 Å². The van der Waals surface area contributed by atoms with Crippen molar-refractivity contribution in [3.63, 3.8) is 0 Å². The summed E-state index contributed by atoms with van der Waals surface area (Å²) in [6.07, 6.45) is -8.97. The molecule has 0 spiro atoms. The number of hydrogen-bond acceptors (Lipinski definition) is 12. The van der Waals surface area contributed by atoms with E-state index in [1.54, 1.807) is 12.1 Å². The highest BCUT2D eigenvalue weighted by Gasteiger charge is 2.50. The van der Waals surface area contributed by atoms with Crippen molar-refractivity contribution in [3.05, 3.63) is 56.8 Å². The molecule has 0 radical (unpaired) electrons. The van der Waals surface area contributed by atoms with E-state index in [1.807, 2.05) is 0 Å². The standard InChI is InChI=1S/C30H34O14/c1-29(42)14-8-13-6-12(7-18(33)21-17(32)3-2-15(20(13)21)16(9-14)25(29)37)10-30(27(38)39,28(40)41)4-5-43-26-24(36)23(35)22(34)19(11-31)44-26/h2-3,6-8,16,19,22-26,31-32,34-37,42H,4-5,9-11H2,1H3,(H,38,39)(H,40,41). The van der Waals surface area contributed by atoms with Crippen LogP contribution in [0, 0.1) is 5.41 Å². The maximum absolute atomic E-state index is 13.5. The molecule has 2 aromatic carbocycles. The predicted octanol–water partition coefficient (Wildman–Crippen LogP) is -1.19. The Labute approximate surface area is 249 Å². The van der Waals surface area contributed by atoms with Crippen LogP contribution in [0.4, 0.5) is 0 Å². The third kappa shape index (κ3) is 5.06. The molecule has 238 valence electrons. The van der Waals surface area contributed by atoms with Crippen molar-refractivity contribution in [1.29, 1.82) is 0 Å². The van der Waals surface area contributed by atoms with Gasteiger partial charge in [0.05, 0.1) is 24.7 Å². The zero-order chi connectivity index (χ0) is 32.3. The predicted molar refractivity (Wildman–Crippen MR) is 150 cm³/mol. The highest BCUT2D eigenvalue weighted by molar-refractivity contribution is 6.00. The fourth-order valence-electron chi connectivity index (χ4n) is 6.50. The fraction of sp³-hybridized carbons (Fsp3) is 0.500. The van der Waals surface area contributed by atoms with Crippen molar-refractivity contribution >= 4 is 28.8 Å². The van der Waals surface area contributed by atoms with Gasteiger partial charge in [-0.1, -0.05) is 18.2 Å². The quantitative estimate of drug-likeness (QED) is 0.150. The minimum atomic E-state index is -2.57. The number of aromatic hydroxyl groups is 1.